The van der Waals surface area contributed by atoms with Crippen molar-refractivity contribution in [3.63, 3.8) is 0 Å². The van der Waals surface area contributed by atoms with Gasteiger partial charge in [-0.2, -0.15) is 0 Å². The lowest BCUT2D eigenvalue weighted by Crippen LogP contribution is -2.36. The number of benzene rings is 1. The number of nitro benzene ring substituents is 1. The lowest BCUT2D eigenvalue weighted by Gasteiger charge is -2.22. The highest BCUT2D eigenvalue weighted by Crippen LogP contribution is 2.25. The molecule has 0 saturated heterocycles. The number of hydrogen-bond donors (Lipinski definition) is 0. The molecule has 0 heterocycles. The molecule has 0 N–H and O–H groups in total. The maximum atomic E-state index is 12.4. The third-order valence-electron chi connectivity index (χ3n) is 2.81. The van der Waals surface area contributed by atoms with Crippen molar-refractivity contribution in [2.45, 2.75) is 0 Å². The maximum Gasteiger partial charge on any atom is 0.288 e. The van der Waals surface area contributed by atoms with Crippen molar-refractivity contribution in [1.29, 1.82) is 0 Å². The molecule has 0 aromatic heterocycles. The molecule has 116 valence electrons. The van der Waals surface area contributed by atoms with Crippen LogP contribution < -0.4 is 0 Å². The molecule has 0 aliphatic carbocycles. The predicted molar refractivity (Wildman–Crippen MR) is 77.8 cm³/mol. The molecule has 1 amide bonds. The quantitative estimate of drug-likeness (QED) is 0.541. The molecule has 1 aromatic rings. The second-order valence-corrected chi connectivity index (χ2v) is 4.61. The van der Waals surface area contributed by atoms with E-state index in [4.69, 9.17) is 21.1 Å². The topological polar surface area (TPSA) is 81.9 Å². The molecule has 0 aliphatic heterocycles. The van der Waals surface area contributed by atoms with Crippen LogP contribution in [-0.2, 0) is 9.47 Å². The summed E-state index contributed by atoms with van der Waals surface area (Å²) >= 11 is 5.74. The van der Waals surface area contributed by atoms with Crippen LogP contribution in [0.3, 0.4) is 0 Å². The fourth-order valence-corrected chi connectivity index (χ4v) is 1.87. The Labute approximate surface area is 127 Å². The molecule has 0 bridgehead atoms. The average Bonchev–Trinajstić information content (AvgIpc) is 2.47. The van der Waals surface area contributed by atoms with Crippen molar-refractivity contribution in [2.75, 3.05) is 40.5 Å². The van der Waals surface area contributed by atoms with Gasteiger partial charge in [0.05, 0.1) is 18.1 Å². The molecule has 21 heavy (non-hydrogen) atoms. The van der Waals surface area contributed by atoms with Gasteiger partial charge in [0, 0.05) is 38.9 Å². The van der Waals surface area contributed by atoms with Crippen LogP contribution in [0.5, 0.6) is 0 Å². The zero-order chi connectivity index (χ0) is 15.8. The molecule has 0 fully saturated rings. The van der Waals surface area contributed by atoms with Crippen molar-refractivity contribution < 1.29 is 19.2 Å². The van der Waals surface area contributed by atoms with Crippen molar-refractivity contribution in [1.82, 2.24) is 4.90 Å². The van der Waals surface area contributed by atoms with E-state index in [1.807, 2.05) is 0 Å². The van der Waals surface area contributed by atoms with Gasteiger partial charge in [-0.25, -0.2) is 0 Å². The lowest BCUT2D eigenvalue weighted by atomic mass is 10.1. The van der Waals surface area contributed by atoms with Gasteiger partial charge in [-0.15, -0.1) is 0 Å². The summed E-state index contributed by atoms with van der Waals surface area (Å²) in [5, 5.41) is 10.9. The van der Waals surface area contributed by atoms with Crippen LogP contribution in [0.25, 0.3) is 0 Å². The molecule has 7 nitrogen and oxygen atoms in total. The van der Waals surface area contributed by atoms with Crippen LogP contribution >= 0.6 is 11.6 Å². The first-order valence-corrected chi connectivity index (χ1v) is 6.60. The van der Waals surface area contributed by atoms with E-state index in [2.05, 4.69) is 0 Å². The normalized spacial score (nSPS) is 10.4. The van der Waals surface area contributed by atoms with E-state index in [0.717, 1.165) is 0 Å². The van der Waals surface area contributed by atoms with Crippen molar-refractivity contribution >= 4 is 23.2 Å². The minimum atomic E-state index is -0.617. The number of ether oxygens (including phenoxy) is 2. The number of carbonyl (C=O) groups excluding carboxylic acids is 1. The number of nitrogens with zero attached hydrogens (tertiary/aromatic N) is 2. The van der Waals surface area contributed by atoms with E-state index in [1.54, 1.807) is 0 Å². The smallest absolute Gasteiger partial charge is 0.288 e. The summed E-state index contributed by atoms with van der Waals surface area (Å²) in [7, 11) is 3.07. The number of carbonyl (C=O) groups is 1. The van der Waals surface area contributed by atoms with E-state index in [1.165, 1.54) is 37.3 Å². The number of amides is 1. The van der Waals surface area contributed by atoms with Gasteiger partial charge >= 0.3 is 0 Å². The lowest BCUT2D eigenvalue weighted by molar-refractivity contribution is -0.384. The minimum Gasteiger partial charge on any atom is -0.383 e. The Morgan fingerprint density at radius 1 is 1.29 bits per heavy atom. The monoisotopic (exact) mass is 316 g/mol. The zero-order valence-electron chi connectivity index (χ0n) is 11.9. The summed E-state index contributed by atoms with van der Waals surface area (Å²) in [6, 6.07) is 3.99. The van der Waals surface area contributed by atoms with Crippen LogP contribution in [0.1, 0.15) is 10.4 Å². The number of rotatable bonds is 8. The molecule has 0 aliphatic rings. The summed E-state index contributed by atoms with van der Waals surface area (Å²) in [5.41, 5.74) is -0.0840. The first-order chi connectivity index (χ1) is 10.0. The molecular weight excluding hydrogens is 300 g/mol. The molecule has 0 unspecified atom stereocenters. The molecule has 1 aromatic carbocycles. The van der Waals surface area contributed by atoms with Gasteiger partial charge in [0.2, 0.25) is 0 Å². The molecule has 8 heteroatoms. The Kier molecular flexibility index (Phi) is 7.07. The highest BCUT2D eigenvalue weighted by Gasteiger charge is 2.20. The average molecular weight is 317 g/mol. The van der Waals surface area contributed by atoms with Gasteiger partial charge in [0.25, 0.3) is 11.6 Å². The van der Waals surface area contributed by atoms with Crippen molar-refractivity contribution in [2.24, 2.45) is 0 Å². The Balaban J connectivity index is 2.96. The van der Waals surface area contributed by atoms with Gasteiger partial charge in [-0.05, 0) is 12.1 Å². The number of hydrogen-bond acceptors (Lipinski definition) is 5. The Morgan fingerprint density at radius 3 is 2.33 bits per heavy atom. The van der Waals surface area contributed by atoms with E-state index < -0.39 is 4.92 Å². The van der Waals surface area contributed by atoms with Gasteiger partial charge in [-0.3, -0.25) is 14.9 Å². The molecule has 0 radical (unpaired) electrons. The standard InChI is InChI=1S/C13H17ClN2O5/c1-20-7-5-15(6-8-21-2)13(17)10-3-4-11(14)12(9-10)16(18)19/h3-4,9H,5-8H2,1-2H3. The second kappa shape index (κ2) is 8.56. The fourth-order valence-electron chi connectivity index (χ4n) is 1.69. The Bertz CT molecular complexity index is 501. The predicted octanol–water partition coefficient (Wildman–Crippen LogP) is 1.98. The largest absolute Gasteiger partial charge is 0.383 e. The summed E-state index contributed by atoms with van der Waals surface area (Å²) < 4.78 is 9.91. The summed E-state index contributed by atoms with van der Waals surface area (Å²) in [6.07, 6.45) is 0. The van der Waals surface area contributed by atoms with Crippen molar-refractivity contribution in [3.05, 3.63) is 38.9 Å². The van der Waals surface area contributed by atoms with Gasteiger partial charge in [0.15, 0.2) is 0 Å². The van der Waals surface area contributed by atoms with E-state index in [0.29, 0.717) is 26.3 Å². The van der Waals surface area contributed by atoms with Gasteiger partial charge in [0.1, 0.15) is 5.02 Å². The third-order valence-corrected chi connectivity index (χ3v) is 3.13. The van der Waals surface area contributed by atoms with E-state index in [-0.39, 0.29) is 22.2 Å². The maximum absolute atomic E-state index is 12.4. The Hall–Kier alpha value is -1.70. The summed E-state index contributed by atoms with van der Waals surface area (Å²) in [4.78, 5) is 24.2. The third kappa shape index (κ3) is 4.96. The van der Waals surface area contributed by atoms with Gasteiger partial charge in [-0.1, -0.05) is 11.6 Å². The molecular formula is C13H17ClN2O5. The van der Waals surface area contributed by atoms with E-state index >= 15 is 0 Å². The number of halogens is 1. The summed E-state index contributed by atoms with van der Waals surface area (Å²) in [6.45, 7) is 1.47. The number of nitro groups is 1. The van der Waals surface area contributed by atoms with Gasteiger partial charge < -0.3 is 14.4 Å². The molecule has 0 atom stereocenters. The van der Waals surface area contributed by atoms with Crippen LogP contribution in [0.15, 0.2) is 18.2 Å². The van der Waals surface area contributed by atoms with Crippen molar-refractivity contribution in [3.8, 4) is 0 Å². The zero-order valence-corrected chi connectivity index (χ0v) is 12.6. The van der Waals surface area contributed by atoms with Crippen LogP contribution in [0.4, 0.5) is 5.69 Å². The van der Waals surface area contributed by atoms with Crippen LogP contribution in [-0.4, -0.2) is 56.3 Å². The highest BCUT2D eigenvalue weighted by molar-refractivity contribution is 6.32. The Morgan fingerprint density at radius 2 is 1.86 bits per heavy atom. The number of methoxy groups -OCH3 is 2. The van der Waals surface area contributed by atoms with Crippen LogP contribution in [0.2, 0.25) is 5.02 Å². The second-order valence-electron chi connectivity index (χ2n) is 4.20. The van der Waals surface area contributed by atoms with E-state index in [9.17, 15) is 14.9 Å². The van der Waals surface area contributed by atoms with Crippen LogP contribution in [0, 0.1) is 10.1 Å². The first-order valence-electron chi connectivity index (χ1n) is 6.22. The SMILES string of the molecule is COCCN(CCOC)C(=O)c1ccc(Cl)c([N+](=O)[O-])c1. The molecule has 0 spiro atoms. The fraction of sp³-hybridized carbons (Fsp3) is 0.462. The first kappa shape index (κ1) is 17.4. The summed E-state index contributed by atoms with van der Waals surface area (Å²) in [5.74, 6) is -0.330. The highest BCUT2D eigenvalue weighted by atomic mass is 35.5. The molecule has 0 saturated carbocycles. The molecule has 1 rings (SSSR count). The minimum absolute atomic E-state index is 0.00289.